The van der Waals surface area contributed by atoms with Crippen LogP contribution in [0.5, 0.6) is 5.75 Å². The third-order valence-corrected chi connectivity index (χ3v) is 5.52. The van der Waals surface area contributed by atoms with Gasteiger partial charge in [0.15, 0.2) is 5.82 Å². The number of hydrogen-bond acceptors (Lipinski definition) is 6. The van der Waals surface area contributed by atoms with Crippen LogP contribution in [0.1, 0.15) is 37.6 Å². The first-order chi connectivity index (χ1) is 16.3. The van der Waals surface area contributed by atoms with E-state index in [9.17, 15) is 5.26 Å². The lowest BCUT2D eigenvalue weighted by Crippen LogP contribution is -2.38. The average molecular weight is 444 g/mol. The minimum atomic E-state index is 0.447. The largest absolute Gasteiger partial charge is 0.494 e. The predicted octanol–water partition coefficient (Wildman–Crippen LogP) is 4.74. The molecule has 0 N–H and O–H groups in total. The van der Waals surface area contributed by atoms with E-state index in [0.29, 0.717) is 24.6 Å². The second-order valence-electron chi connectivity index (χ2n) is 7.89. The first-order valence-electron chi connectivity index (χ1n) is 11.5. The highest BCUT2D eigenvalue weighted by molar-refractivity contribution is 5.88. The molecule has 0 unspecified atom stereocenters. The molecule has 0 aliphatic carbocycles. The summed E-state index contributed by atoms with van der Waals surface area (Å²) in [4.78, 5) is 2.15. The van der Waals surface area contributed by atoms with E-state index >= 15 is 0 Å². The fraction of sp³-hybridized carbons (Fsp3) is 0.346. The number of para-hydroxylation sites is 1. The summed E-state index contributed by atoms with van der Waals surface area (Å²) >= 11 is 0. The van der Waals surface area contributed by atoms with Gasteiger partial charge in [-0.3, -0.25) is 4.57 Å². The summed E-state index contributed by atoms with van der Waals surface area (Å²) in [5.41, 5.74) is 2.27. The maximum absolute atomic E-state index is 10.00. The van der Waals surface area contributed by atoms with E-state index in [-0.39, 0.29) is 0 Å². The summed E-state index contributed by atoms with van der Waals surface area (Å²) in [6.07, 6.45) is 5.23. The van der Waals surface area contributed by atoms with Crippen molar-refractivity contribution in [2.45, 2.75) is 26.2 Å². The summed E-state index contributed by atoms with van der Waals surface area (Å²) in [5.74, 6) is 2.07. The molecule has 0 bridgehead atoms. The van der Waals surface area contributed by atoms with E-state index in [4.69, 9.17) is 9.47 Å². The zero-order chi connectivity index (χ0) is 22.9. The summed E-state index contributed by atoms with van der Waals surface area (Å²) < 4.78 is 13.2. The van der Waals surface area contributed by atoms with E-state index < -0.39 is 0 Å². The predicted molar refractivity (Wildman–Crippen MR) is 129 cm³/mol. The molecule has 7 heteroatoms. The average Bonchev–Trinajstić information content (AvgIpc) is 3.32. The highest BCUT2D eigenvalue weighted by Gasteiger charge is 2.23. The molecule has 33 heavy (non-hydrogen) atoms. The summed E-state index contributed by atoms with van der Waals surface area (Å²) in [7, 11) is 0. The fourth-order valence-electron chi connectivity index (χ4n) is 3.75. The molecule has 0 saturated carbocycles. The first-order valence-corrected chi connectivity index (χ1v) is 11.5. The maximum Gasteiger partial charge on any atom is 0.232 e. The third-order valence-electron chi connectivity index (χ3n) is 5.52. The third kappa shape index (κ3) is 5.60. The molecule has 4 rings (SSSR count). The van der Waals surface area contributed by atoms with E-state index in [0.717, 1.165) is 49.1 Å². The van der Waals surface area contributed by atoms with E-state index in [1.54, 1.807) is 0 Å². The van der Waals surface area contributed by atoms with Crippen molar-refractivity contribution >= 4 is 17.6 Å². The van der Waals surface area contributed by atoms with Crippen molar-refractivity contribution in [3.63, 3.8) is 0 Å². The number of nitrogens with zero attached hydrogens (tertiary/aromatic N) is 5. The molecule has 0 amide bonds. The highest BCUT2D eigenvalue weighted by atomic mass is 16.5. The van der Waals surface area contributed by atoms with Crippen LogP contribution >= 0.6 is 0 Å². The normalized spacial score (nSPS) is 14.2. The Kier molecular flexibility index (Phi) is 7.72. The van der Waals surface area contributed by atoms with Crippen LogP contribution in [0, 0.1) is 11.3 Å². The molecule has 170 valence electrons. The van der Waals surface area contributed by atoms with Gasteiger partial charge < -0.3 is 14.4 Å². The first kappa shape index (κ1) is 22.6. The molecular formula is C26H29N5O2. The van der Waals surface area contributed by atoms with Crippen LogP contribution in [-0.2, 0) is 4.74 Å². The second-order valence-corrected chi connectivity index (χ2v) is 7.89. The molecule has 7 nitrogen and oxygen atoms in total. The molecular weight excluding hydrogens is 414 g/mol. The van der Waals surface area contributed by atoms with Gasteiger partial charge in [0, 0.05) is 13.1 Å². The lowest BCUT2D eigenvalue weighted by atomic mass is 10.1. The quantitative estimate of drug-likeness (QED) is 0.351. The Morgan fingerprint density at radius 1 is 1.06 bits per heavy atom. The number of aromatic nitrogens is 3. The summed E-state index contributed by atoms with van der Waals surface area (Å²) in [6, 6.07) is 20.0. The standard InChI is InChI=1S/C26H29N5O2/c1-2-3-7-16-33-24-12-10-21(11-13-24)19-22(20-27)25-28-29-26(30-14-17-32-18-15-30)31(25)23-8-5-4-6-9-23/h4-6,8-13,19H,2-3,7,14-18H2,1H3/b22-19+. The molecule has 1 fully saturated rings. The molecule has 0 spiro atoms. The fourth-order valence-corrected chi connectivity index (χ4v) is 3.75. The van der Waals surface area contributed by atoms with Gasteiger partial charge in [0.2, 0.25) is 5.95 Å². The van der Waals surface area contributed by atoms with Crippen LogP contribution in [0.15, 0.2) is 54.6 Å². The van der Waals surface area contributed by atoms with Gasteiger partial charge in [-0.2, -0.15) is 5.26 Å². The number of allylic oxidation sites excluding steroid dienone is 1. The van der Waals surface area contributed by atoms with Gasteiger partial charge in [0.25, 0.3) is 0 Å². The molecule has 1 saturated heterocycles. The van der Waals surface area contributed by atoms with Crippen LogP contribution in [0.4, 0.5) is 5.95 Å². The minimum Gasteiger partial charge on any atom is -0.494 e. The minimum absolute atomic E-state index is 0.447. The summed E-state index contributed by atoms with van der Waals surface area (Å²) in [5, 5.41) is 18.9. The number of hydrogen-bond donors (Lipinski definition) is 0. The van der Waals surface area contributed by atoms with Crippen LogP contribution < -0.4 is 9.64 Å². The number of rotatable bonds is 9. The zero-order valence-corrected chi connectivity index (χ0v) is 19.0. The Labute approximate surface area is 194 Å². The SMILES string of the molecule is CCCCCOc1ccc(/C=C(\C#N)c2nnc(N3CCOCC3)n2-c2ccccc2)cc1. The molecule has 1 aliphatic heterocycles. The van der Waals surface area contributed by atoms with Crippen LogP contribution in [0.2, 0.25) is 0 Å². The Balaban J connectivity index is 1.63. The number of benzene rings is 2. The molecule has 1 aliphatic rings. The van der Waals surface area contributed by atoms with Gasteiger partial charge in [-0.25, -0.2) is 0 Å². The lowest BCUT2D eigenvalue weighted by Gasteiger charge is -2.28. The van der Waals surface area contributed by atoms with E-state index in [2.05, 4.69) is 28.1 Å². The van der Waals surface area contributed by atoms with Crippen molar-refractivity contribution in [1.82, 2.24) is 14.8 Å². The smallest absolute Gasteiger partial charge is 0.232 e. The topological polar surface area (TPSA) is 76.2 Å². The molecule has 0 radical (unpaired) electrons. The van der Waals surface area contributed by atoms with E-state index in [1.165, 1.54) is 12.8 Å². The van der Waals surface area contributed by atoms with Gasteiger partial charge >= 0.3 is 0 Å². The maximum atomic E-state index is 10.00. The van der Waals surface area contributed by atoms with Crippen molar-refractivity contribution < 1.29 is 9.47 Å². The zero-order valence-electron chi connectivity index (χ0n) is 19.0. The lowest BCUT2D eigenvalue weighted by molar-refractivity contribution is 0.122. The van der Waals surface area contributed by atoms with Crippen molar-refractivity contribution in [2.24, 2.45) is 0 Å². The van der Waals surface area contributed by atoms with Gasteiger partial charge in [-0.1, -0.05) is 50.1 Å². The van der Waals surface area contributed by atoms with Crippen molar-refractivity contribution in [3.8, 4) is 17.5 Å². The van der Waals surface area contributed by atoms with Crippen molar-refractivity contribution in [3.05, 3.63) is 66.0 Å². The second kappa shape index (κ2) is 11.3. The Morgan fingerprint density at radius 3 is 2.52 bits per heavy atom. The Morgan fingerprint density at radius 2 is 1.82 bits per heavy atom. The van der Waals surface area contributed by atoms with Crippen LogP contribution in [0.3, 0.4) is 0 Å². The number of unbranched alkanes of at least 4 members (excludes halogenated alkanes) is 2. The number of morpholine rings is 1. The molecule has 2 aromatic carbocycles. The van der Waals surface area contributed by atoms with Crippen molar-refractivity contribution in [2.75, 3.05) is 37.8 Å². The van der Waals surface area contributed by atoms with Gasteiger partial charge in [0.1, 0.15) is 11.8 Å². The molecule has 3 aromatic rings. The van der Waals surface area contributed by atoms with Gasteiger partial charge in [-0.15, -0.1) is 10.2 Å². The monoisotopic (exact) mass is 443 g/mol. The Bertz CT molecular complexity index is 1090. The molecule has 0 atom stereocenters. The molecule has 2 heterocycles. The van der Waals surface area contributed by atoms with Gasteiger partial charge in [0.05, 0.1) is 31.1 Å². The highest BCUT2D eigenvalue weighted by Crippen LogP contribution is 2.26. The van der Waals surface area contributed by atoms with E-state index in [1.807, 2.05) is 65.2 Å². The number of anilines is 1. The summed E-state index contributed by atoms with van der Waals surface area (Å²) in [6.45, 7) is 5.65. The van der Waals surface area contributed by atoms with Crippen molar-refractivity contribution in [1.29, 1.82) is 5.26 Å². The van der Waals surface area contributed by atoms with Crippen LogP contribution in [-0.4, -0.2) is 47.7 Å². The number of nitriles is 1. The number of ether oxygens (including phenoxy) is 2. The van der Waals surface area contributed by atoms with Gasteiger partial charge in [-0.05, 0) is 42.3 Å². The molecule has 1 aromatic heterocycles. The Hall–Kier alpha value is -3.63. The van der Waals surface area contributed by atoms with Crippen LogP contribution in [0.25, 0.3) is 17.3 Å².